The van der Waals surface area contributed by atoms with Gasteiger partial charge in [0.15, 0.2) is 0 Å². The highest BCUT2D eigenvalue weighted by molar-refractivity contribution is 6.35. The molecule has 0 amide bonds. The Kier molecular flexibility index (Phi) is 6.72. The van der Waals surface area contributed by atoms with Gasteiger partial charge in [-0.1, -0.05) is 50.4 Å². The van der Waals surface area contributed by atoms with Crippen LogP contribution >= 0.6 is 11.6 Å². The number of rotatable bonds is 8. The third-order valence-electron chi connectivity index (χ3n) is 7.53. The van der Waals surface area contributed by atoms with E-state index in [9.17, 15) is 8.78 Å². The van der Waals surface area contributed by atoms with Gasteiger partial charge in [0.1, 0.15) is 5.54 Å². The van der Waals surface area contributed by atoms with Crippen molar-refractivity contribution in [2.75, 3.05) is 28.0 Å². The van der Waals surface area contributed by atoms with Crippen LogP contribution in [0.3, 0.4) is 0 Å². The number of halogens is 3. The van der Waals surface area contributed by atoms with Crippen molar-refractivity contribution in [3.8, 4) is 12.3 Å². The maximum atomic E-state index is 13.9. The maximum absolute atomic E-state index is 13.9. The van der Waals surface area contributed by atoms with Gasteiger partial charge in [0, 0.05) is 35.6 Å². The normalized spacial score (nSPS) is 17.7. The molecule has 3 aromatic rings. The molecule has 0 spiro atoms. The first-order valence-corrected chi connectivity index (χ1v) is 13.8. The summed E-state index contributed by atoms with van der Waals surface area (Å²) in [5.41, 5.74) is 20.0. The van der Waals surface area contributed by atoms with Gasteiger partial charge >= 0.3 is 0 Å². The predicted octanol–water partition coefficient (Wildman–Crippen LogP) is 5.70. The molecule has 1 fully saturated rings. The van der Waals surface area contributed by atoms with E-state index in [1.165, 1.54) is 5.01 Å². The summed E-state index contributed by atoms with van der Waals surface area (Å²) in [5.74, 6) is 2.73. The summed E-state index contributed by atoms with van der Waals surface area (Å²) >= 11 is 6.78. The fourth-order valence-corrected chi connectivity index (χ4v) is 5.38. The van der Waals surface area contributed by atoms with E-state index in [2.05, 4.69) is 69.7 Å². The number of para-hydroxylation sites is 1. The van der Waals surface area contributed by atoms with E-state index in [0.717, 1.165) is 28.0 Å². The van der Waals surface area contributed by atoms with E-state index in [4.69, 9.17) is 18.0 Å². The molecule has 3 heterocycles. The van der Waals surface area contributed by atoms with Gasteiger partial charge in [-0.05, 0) is 36.5 Å². The summed E-state index contributed by atoms with van der Waals surface area (Å²) in [6.45, 7) is 7.10. The van der Waals surface area contributed by atoms with E-state index in [1.807, 2.05) is 30.3 Å². The van der Waals surface area contributed by atoms with Crippen LogP contribution in [0.15, 0.2) is 48.4 Å². The van der Waals surface area contributed by atoms with Gasteiger partial charge < -0.3 is 26.9 Å². The van der Waals surface area contributed by atoms with Gasteiger partial charge in [0.2, 0.25) is 0 Å². The lowest BCUT2D eigenvalue weighted by atomic mass is 9.96. The molecule has 0 radical (unpaired) electrons. The molecule has 1 aliphatic carbocycles. The second-order valence-corrected chi connectivity index (χ2v) is 12.2. The summed E-state index contributed by atoms with van der Waals surface area (Å²) in [6, 6.07) is 9.13. The molecule has 1 atom stereocenters. The molecule has 1 aromatic heterocycles. The Balaban J connectivity index is 1.43. The Morgan fingerprint density at radius 1 is 1.20 bits per heavy atom. The smallest absolute Gasteiger partial charge is 0.262 e. The lowest BCUT2D eigenvalue weighted by Gasteiger charge is -2.25. The SMILES string of the molecule is C#Cc1cnc2c(Cl)cc(N[C@H](C3=CN(C4(C(F)F)CC4)NN3)c3cccc4c3NNN4)cc2c1NCC(C)(C)C. The van der Waals surface area contributed by atoms with Crippen LogP contribution in [-0.2, 0) is 0 Å². The number of nitrogens with zero attached hydrogens (tertiary/aromatic N) is 2. The number of anilines is 4. The zero-order valence-corrected chi connectivity index (χ0v) is 23.7. The molecule has 0 bridgehead atoms. The molecule has 2 aliphatic heterocycles. The van der Waals surface area contributed by atoms with Crippen LogP contribution in [0.1, 0.15) is 50.8 Å². The molecular formula is C29H32ClF2N9. The summed E-state index contributed by atoms with van der Waals surface area (Å²) < 4.78 is 27.8. The summed E-state index contributed by atoms with van der Waals surface area (Å²) in [6.07, 6.45) is 7.55. The Labute approximate surface area is 242 Å². The second-order valence-electron chi connectivity index (χ2n) is 11.8. The summed E-state index contributed by atoms with van der Waals surface area (Å²) in [7, 11) is 0. The van der Waals surface area contributed by atoms with Gasteiger partial charge in [0.25, 0.3) is 6.43 Å². The molecule has 41 heavy (non-hydrogen) atoms. The van der Waals surface area contributed by atoms with Crippen LogP contribution < -0.4 is 38.0 Å². The van der Waals surface area contributed by atoms with Gasteiger partial charge in [-0.25, -0.2) is 8.78 Å². The summed E-state index contributed by atoms with van der Waals surface area (Å²) in [5, 5.41) is 9.81. The average molecular weight is 580 g/mol. The van der Waals surface area contributed by atoms with Crippen LogP contribution in [-0.4, -0.2) is 28.5 Å². The molecule has 6 rings (SSSR count). The van der Waals surface area contributed by atoms with Gasteiger partial charge in [-0.15, -0.1) is 17.5 Å². The van der Waals surface area contributed by atoms with Crippen molar-refractivity contribution in [1.29, 1.82) is 0 Å². The van der Waals surface area contributed by atoms with Crippen molar-refractivity contribution in [3.63, 3.8) is 0 Å². The third kappa shape index (κ3) is 5.03. The first-order valence-electron chi connectivity index (χ1n) is 13.4. The number of aromatic nitrogens is 1. The Morgan fingerprint density at radius 2 is 2.00 bits per heavy atom. The molecule has 1 saturated carbocycles. The molecule has 2 aromatic carbocycles. The first-order chi connectivity index (χ1) is 19.6. The number of terminal acetylenes is 1. The topological polar surface area (TPSA) is 100 Å². The number of pyridine rings is 1. The first kappa shape index (κ1) is 27.2. The molecule has 9 nitrogen and oxygen atoms in total. The number of hydrogen-bond acceptors (Lipinski definition) is 9. The highest BCUT2D eigenvalue weighted by Gasteiger charge is 2.56. The lowest BCUT2D eigenvalue weighted by molar-refractivity contribution is 0.00911. The quantitative estimate of drug-likeness (QED) is 0.169. The Morgan fingerprint density at radius 3 is 2.71 bits per heavy atom. The summed E-state index contributed by atoms with van der Waals surface area (Å²) in [4.78, 5) is 4.54. The number of nitrogens with one attached hydrogen (secondary N) is 7. The number of benzene rings is 2. The molecule has 12 heteroatoms. The second kappa shape index (κ2) is 10.1. The van der Waals surface area contributed by atoms with Crippen molar-refractivity contribution in [3.05, 3.63) is 64.6 Å². The van der Waals surface area contributed by atoms with Crippen LogP contribution in [0.5, 0.6) is 0 Å². The van der Waals surface area contributed by atoms with Gasteiger partial charge in [-0.3, -0.25) is 9.99 Å². The largest absolute Gasteiger partial charge is 0.383 e. The molecule has 0 unspecified atom stereocenters. The highest BCUT2D eigenvalue weighted by Crippen LogP contribution is 2.48. The number of fused-ring (bicyclic) bond motifs is 2. The minimum Gasteiger partial charge on any atom is -0.383 e. The van der Waals surface area contributed by atoms with Crippen molar-refractivity contribution >= 4 is 45.3 Å². The van der Waals surface area contributed by atoms with E-state index in [1.54, 1.807) is 12.4 Å². The maximum Gasteiger partial charge on any atom is 0.262 e. The van der Waals surface area contributed by atoms with E-state index in [0.29, 0.717) is 46.9 Å². The lowest BCUT2D eigenvalue weighted by Crippen LogP contribution is -2.48. The third-order valence-corrected chi connectivity index (χ3v) is 7.82. The monoisotopic (exact) mass is 579 g/mol. The van der Waals surface area contributed by atoms with Crippen molar-refractivity contribution < 1.29 is 8.78 Å². The van der Waals surface area contributed by atoms with Crippen molar-refractivity contribution in [2.24, 2.45) is 5.41 Å². The zero-order chi connectivity index (χ0) is 28.9. The van der Waals surface area contributed by atoms with Gasteiger partial charge in [-0.2, -0.15) is 0 Å². The molecule has 0 saturated heterocycles. The minimum absolute atomic E-state index is 0.00556. The zero-order valence-electron chi connectivity index (χ0n) is 22.9. The molecule has 214 valence electrons. The highest BCUT2D eigenvalue weighted by atomic mass is 35.5. The Bertz CT molecular complexity index is 1570. The minimum atomic E-state index is -2.48. The molecule has 3 aliphatic rings. The predicted molar refractivity (Wildman–Crippen MR) is 160 cm³/mol. The fraction of sp³-hybridized carbons (Fsp3) is 0.345. The van der Waals surface area contributed by atoms with E-state index in [-0.39, 0.29) is 5.41 Å². The van der Waals surface area contributed by atoms with Crippen LogP contribution in [0.4, 0.5) is 31.5 Å². The van der Waals surface area contributed by atoms with Crippen LogP contribution in [0, 0.1) is 17.8 Å². The Hall–Kier alpha value is -3.98. The molecular weight excluding hydrogens is 548 g/mol. The van der Waals surface area contributed by atoms with Crippen LogP contribution in [0.2, 0.25) is 5.02 Å². The van der Waals surface area contributed by atoms with E-state index < -0.39 is 18.0 Å². The standard InChI is InChI=1S/C29H32ClF2N9/c1-5-16-13-33-24-19(23(16)34-15-28(2,3)4)11-17(12-20(24)30)35-25(18-7-6-8-21-26(18)38-39-36-21)22-14-41(40-37-22)29(9-10-29)27(31)32/h1,6-8,11-14,25,27,35-40H,9-10,15H2,2-4H3,(H,33,34)/t25-/m0/s1. The molecule has 7 N–H and O–H groups in total. The number of alkyl halides is 2. The van der Waals surface area contributed by atoms with E-state index >= 15 is 0 Å². The van der Waals surface area contributed by atoms with Crippen molar-refractivity contribution in [2.45, 2.75) is 51.6 Å². The fourth-order valence-electron chi connectivity index (χ4n) is 5.11. The van der Waals surface area contributed by atoms with Crippen LogP contribution in [0.25, 0.3) is 10.9 Å². The van der Waals surface area contributed by atoms with Crippen molar-refractivity contribution in [1.82, 2.24) is 26.5 Å². The number of hydrazine groups is 4. The number of hydrogen-bond donors (Lipinski definition) is 7. The average Bonchev–Trinajstić information content (AvgIpc) is 3.35. The van der Waals surface area contributed by atoms with Gasteiger partial charge in [0.05, 0.1) is 44.9 Å².